The number of nitrogens with one attached hydrogen (secondary N) is 2. The molecule has 0 radical (unpaired) electrons. The van der Waals surface area contributed by atoms with E-state index in [4.69, 9.17) is 9.84 Å². The first-order chi connectivity index (χ1) is 8.56. The zero-order chi connectivity index (χ0) is 13.8. The zero-order valence-corrected chi connectivity index (χ0v) is 10.3. The van der Waals surface area contributed by atoms with Gasteiger partial charge in [-0.25, -0.2) is 9.59 Å². The third-order valence-corrected chi connectivity index (χ3v) is 1.79. The van der Waals surface area contributed by atoms with Gasteiger partial charge in [0, 0.05) is 25.3 Å². The molecule has 0 fully saturated rings. The number of urea groups is 1. The van der Waals surface area contributed by atoms with Crippen LogP contribution in [0.2, 0.25) is 0 Å². The van der Waals surface area contributed by atoms with Crippen LogP contribution in [-0.2, 0) is 14.3 Å². The molecule has 3 amide bonds. The van der Waals surface area contributed by atoms with Crippen LogP contribution >= 0.6 is 0 Å². The Morgan fingerprint density at radius 1 is 1.22 bits per heavy atom. The van der Waals surface area contributed by atoms with E-state index in [-0.39, 0.29) is 6.54 Å². The molecule has 0 spiro atoms. The van der Waals surface area contributed by atoms with E-state index in [0.717, 1.165) is 18.9 Å². The van der Waals surface area contributed by atoms with Gasteiger partial charge in [-0.3, -0.25) is 10.1 Å². The predicted molar refractivity (Wildman–Crippen MR) is 64.0 cm³/mol. The van der Waals surface area contributed by atoms with Gasteiger partial charge in [-0.2, -0.15) is 0 Å². The Morgan fingerprint density at radius 2 is 1.94 bits per heavy atom. The van der Waals surface area contributed by atoms with E-state index in [2.05, 4.69) is 5.32 Å². The number of aliphatic carboxylic acids is 1. The standard InChI is InChI=1S/C11H18N2O5/c1-2-3-7-18-8-6-12-11(17)13-9(14)4-5-10(15)16/h4-5H,2-3,6-8H2,1H3,(H,15,16)(H2,12,13,14,17)/b5-4+. The van der Waals surface area contributed by atoms with Crippen LogP contribution in [0.5, 0.6) is 0 Å². The molecule has 0 heterocycles. The maximum absolute atomic E-state index is 11.1. The van der Waals surface area contributed by atoms with Gasteiger partial charge in [-0.1, -0.05) is 13.3 Å². The van der Waals surface area contributed by atoms with E-state index >= 15 is 0 Å². The number of ether oxygens (including phenoxy) is 1. The molecule has 18 heavy (non-hydrogen) atoms. The fourth-order valence-electron chi connectivity index (χ4n) is 0.930. The Labute approximate surface area is 105 Å². The van der Waals surface area contributed by atoms with Gasteiger partial charge < -0.3 is 15.2 Å². The van der Waals surface area contributed by atoms with E-state index in [9.17, 15) is 14.4 Å². The minimum atomic E-state index is -1.25. The third kappa shape index (κ3) is 10.6. The molecule has 3 N–H and O–H groups in total. The van der Waals surface area contributed by atoms with E-state index in [1.807, 2.05) is 12.2 Å². The summed E-state index contributed by atoms with van der Waals surface area (Å²) < 4.78 is 5.19. The maximum Gasteiger partial charge on any atom is 0.328 e. The molecule has 0 rings (SSSR count). The number of carboxylic acids is 1. The van der Waals surface area contributed by atoms with Crippen molar-refractivity contribution < 1.29 is 24.2 Å². The Balaban J connectivity index is 3.59. The molecule has 0 saturated heterocycles. The minimum Gasteiger partial charge on any atom is -0.478 e. The van der Waals surface area contributed by atoms with Crippen molar-refractivity contribution in [2.24, 2.45) is 0 Å². The number of hydrogen-bond donors (Lipinski definition) is 3. The van der Waals surface area contributed by atoms with Gasteiger partial charge >= 0.3 is 12.0 Å². The van der Waals surface area contributed by atoms with Crippen LogP contribution in [0.4, 0.5) is 4.79 Å². The highest BCUT2D eigenvalue weighted by atomic mass is 16.5. The molecule has 0 aromatic heterocycles. The Hall–Kier alpha value is -1.89. The van der Waals surface area contributed by atoms with Crippen molar-refractivity contribution in [3.05, 3.63) is 12.2 Å². The van der Waals surface area contributed by atoms with Crippen LogP contribution in [0, 0.1) is 0 Å². The van der Waals surface area contributed by atoms with Crippen molar-refractivity contribution in [1.82, 2.24) is 10.6 Å². The number of carboxylic acid groups (broad SMARTS) is 1. The average Bonchev–Trinajstić information content (AvgIpc) is 2.31. The largest absolute Gasteiger partial charge is 0.478 e. The second-order valence-electron chi connectivity index (χ2n) is 3.38. The van der Waals surface area contributed by atoms with Crippen molar-refractivity contribution in [3.63, 3.8) is 0 Å². The Bertz CT molecular complexity index is 315. The Kier molecular flexibility index (Phi) is 9.20. The smallest absolute Gasteiger partial charge is 0.328 e. The summed E-state index contributed by atoms with van der Waals surface area (Å²) in [6.07, 6.45) is 3.42. The first kappa shape index (κ1) is 16.1. The highest BCUT2D eigenvalue weighted by Crippen LogP contribution is 1.86. The van der Waals surface area contributed by atoms with Crippen molar-refractivity contribution >= 4 is 17.9 Å². The molecule has 7 heteroatoms. The number of rotatable bonds is 8. The van der Waals surface area contributed by atoms with E-state index in [1.54, 1.807) is 0 Å². The summed E-state index contributed by atoms with van der Waals surface area (Å²) in [7, 11) is 0. The summed E-state index contributed by atoms with van der Waals surface area (Å²) in [5, 5.41) is 12.6. The third-order valence-electron chi connectivity index (χ3n) is 1.79. The number of unbranched alkanes of at least 4 members (excludes halogenated alkanes) is 1. The molecule has 0 unspecified atom stereocenters. The van der Waals surface area contributed by atoms with Gasteiger partial charge in [0.25, 0.3) is 5.91 Å². The molecule has 0 aliphatic rings. The van der Waals surface area contributed by atoms with Crippen LogP contribution in [0.25, 0.3) is 0 Å². The van der Waals surface area contributed by atoms with Crippen molar-refractivity contribution in [3.8, 4) is 0 Å². The van der Waals surface area contributed by atoms with Crippen LogP contribution in [0.15, 0.2) is 12.2 Å². The summed E-state index contributed by atoms with van der Waals surface area (Å²) in [6, 6.07) is -0.686. The normalized spacial score (nSPS) is 10.3. The van der Waals surface area contributed by atoms with Gasteiger partial charge in [-0.15, -0.1) is 0 Å². The quantitative estimate of drug-likeness (QED) is 0.428. The topological polar surface area (TPSA) is 105 Å². The first-order valence-corrected chi connectivity index (χ1v) is 5.63. The second-order valence-corrected chi connectivity index (χ2v) is 3.38. The van der Waals surface area contributed by atoms with Gasteiger partial charge in [0.15, 0.2) is 0 Å². The van der Waals surface area contributed by atoms with Crippen LogP contribution < -0.4 is 10.6 Å². The van der Waals surface area contributed by atoms with Crippen LogP contribution in [0.3, 0.4) is 0 Å². The molecule has 0 aliphatic heterocycles. The van der Waals surface area contributed by atoms with Crippen LogP contribution in [-0.4, -0.2) is 42.8 Å². The fourth-order valence-corrected chi connectivity index (χ4v) is 0.930. The highest BCUT2D eigenvalue weighted by Gasteiger charge is 2.03. The van der Waals surface area contributed by atoms with E-state index in [0.29, 0.717) is 19.3 Å². The molecule has 0 saturated carbocycles. The molecule has 0 aromatic carbocycles. The molecule has 102 valence electrons. The number of carbonyl (C=O) groups is 3. The highest BCUT2D eigenvalue weighted by molar-refractivity contribution is 6.02. The summed E-state index contributed by atoms with van der Waals surface area (Å²) in [4.78, 5) is 32.2. The molecule has 0 atom stereocenters. The predicted octanol–water partition coefficient (Wildman–Crippen LogP) is 0.270. The minimum absolute atomic E-state index is 0.283. The lowest BCUT2D eigenvalue weighted by Gasteiger charge is -2.05. The molecule has 0 aliphatic carbocycles. The molecular weight excluding hydrogens is 240 g/mol. The van der Waals surface area contributed by atoms with Crippen molar-refractivity contribution in [2.75, 3.05) is 19.8 Å². The van der Waals surface area contributed by atoms with Crippen molar-refractivity contribution in [2.45, 2.75) is 19.8 Å². The lowest BCUT2D eigenvalue weighted by Crippen LogP contribution is -2.40. The SMILES string of the molecule is CCCCOCCNC(=O)NC(=O)/C=C/C(=O)O. The first-order valence-electron chi connectivity index (χ1n) is 5.63. The van der Waals surface area contributed by atoms with E-state index in [1.165, 1.54) is 0 Å². The summed E-state index contributed by atoms with van der Waals surface area (Å²) in [5.41, 5.74) is 0. The van der Waals surface area contributed by atoms with E-state index < -0.39 is 17.9 Å². The van der Waals surface area contributed by atoms with Crippen molar-refractivity contribution in [1.29, 1.82) is 0 Å². The number of hydrogen-bond acceptors (Lipinski definition) is 4. The van der Waals surface area contributed by atoms with Gasteiger partial charge in [0.05, 0.1) is 6.61 Å². The molecule has 0 bridgehead atoms. The summed E-state index contributed by atoms with van der Waals surface area (Å²) >= 11 is 0. The maximum atomic E-state index is 11.1. The average molecular weight is 258 g/mol. The van der Waals surface area contributed by atoms with Gasteiger partial charge in [0.2, 0.25) is 0 Å². The summed E-state index contributed by atoms with van der Waals surface area (Å²) in [6.45, 7) is 3.34. The molecule has 0 aromatic rings. The lowest BCUT2D eigenvalue weighted by atomic mass is 10.4. The Morgan fingerprint density at radius 3 is 2.56 bits per heavy atom. The fraction of sp³-hybridized carbons (Fsp3) is 0.545. The van der Waals surface area contributed by atoms with Crippen LogP contribution in [0.1, 0.15) is 19.8 Å². The second kappa shape index (κ2) is 10.3. The number of amides is 3. The monoisotopic (exact) mass is 258 g/mol. The lowest BCUT2D eigenvalue weighted by molar-refractivity contribution is -0.131. The zero-order valence-electron chi connectivity index (χ0n) is 10.3. The number of imide groups is 1. The van der Waals surface area contributed by atoms with Gasteiger partial charge in [-0.05, 0) is 6.42 Å². The van der Waals surface area contributed by atoms with Gasteiger partial charge in [0.1, 0.15) is 0 Å². The number of carbonyl (C=O) groups excluding carboxylic acids is 2. The molecular formula is C11H18N2O5. The molecule has 7 nitrogen and oxygen atoms in total. The summed E-state index contributed by atoms with van der Waals surface area (Å²) in [5.74, 6) is -2.04.